The highest BCUT2D eigenvalue weighted by Gasteiger charge is 2.15. The van der Waals surface area contributed by atoms with Crippen LogP contribution >= 0.6 is 0 Å². The molecule has 1 aromatic carbocycles. The van der Waals surface area contributed by atoms with Crippen LogP contribution in [0.2, 0.25) is 0 Å². The van der Waals surface area contributed by atoms with Crippen LogP contribution in [0.3, 0.4) is 0 Å². The van der Waals surface area contributed by atoms with Gasteiger partial charge in [0.15, 0.2) is 0 Å². The Morgan fingerprint density at radius 1 is 1.37 bits per heavy atom. The minimum atomic E-state index is -0.379. The number of rotatable bonds is 5. The summed E-state index contributed by atoms with van der Waals surface area (Å²) in [4.78, 5) is 13.3. The van der Waals surface area contributed by atoms with Gasteiger partial charge in [0, 0.05) is 25.3 Å². The first-order valence-corrected chi connectivity index (χ1v) is 6.84. The Kier molecular flexibility index (Phi) is 4.93. The number of nitrogens with zero attached hydrogens (tertiary/aromatic N) is 1. The molecule has 4 nitrogen and oxygen atoms in total. The van der Waals surface area contributed by atoms with Crippen molar-refractivity contribution in [3.63, 3.8) is 0 Å². The van der Waals surface area contributed by atoms with E-state index in [-0.39, 0.29) is 5.91 Å². The summed E-state index contributed by atoms with van der Waals surface area (Å²) in [6.07, 6.45) is 3.98. The van der Waals surface area contributed by atoms with Crippen LogP contribution < -0.4 is 5.73 Å². The molecule has 0 aliphatic carbocycles. The molecule has 1 amide bonds. The average molecular weight is 262 g/mol. The van der Waals surface area contributed by atoms with E-state index in [4.69, 9.17) is 10.5 Å². The number of likely N-dealkylation sites (N-methyl/N-ethyl adjacent to an activating group) is 1. The van der Waals surface area contributed by atoms with Crippen LogP contribution in [-0.4, -0.2) is 37.1 Å². The van der Waals surface area contributed by atoms with Crippen molar-refractivity contribution in [2.75, 3.05) is 20.2 Å². The third-order valence-corrected chi connectivity index (χ3v) is 3.48. The summed E-state index contributed by atoms with van der Waals surface area (Å²) in [7, 11) is 2.10. The molecule has 104 valence electrons. The number of carbonyl (C=O) groups excluding carboxylic acids is 1. The lowest BCUT2D eigenvalue weighted by atomic mass is 10.1. The lowest BCUT2D eigenvalue weighted by molar-refractivity contribution is -0.00259. The van der Waals surface area contributed by atoms with Crippen LogP contribution in [0.15, 0.2) is 24.3 Å². The van der Waals surface area contributed by atoms with E-state index in [9.17, 15) is 4.79 Å². The predicted octanol–water partition coefficient (Wildman–Crippen LogP) is 1.79. The minimum Gasteiger partial charge on any atom is -0.377 e. The Hall–Kier alpha value is -1.39. The zero-order chi connectivity index (χ0) is 13.7. The Labute approximate surface area is 114 Å². The van der Waals surface area contributed by atoms with Gasteiger partial charge in [-0.3, -0.25) is 9.69 Å². The predicted molar refractivity (Wildman–Crippen MR) is 74.9 cm³/mol. The lowest BCUT2D eigenvalue weighted by Crippen LogP contribution is -2.33. The molecule has 1 aliphatic rings. The van der Waals surface area contributed by atoms with Crippen LogP contribution in [-0.2, 0) is 11.3 Å². The van der Waals surface area contributed by atoms with Crippen molar-refractivity contribution in [3.8, 4) is 0 Å². The summed E-state index contributed by atoms with van der Waals surface area (Å²) < 4.78 is 5.73. The molecule has 1 saturated heterocycles. The van der Waals surface area contributed by atoms with Crippen molar-refractivity contribution in [1.82, 2.24) is 4.90 Å². The Morgan fingerprint density at radius 2 is 2.11 bits per heavy atom. The van der Waals surface area contributed by atoms with E-state index < -0.39 is 0 Å². The molecule has 19 heavy (non-hydrogen) atoms. The maximum absolute atomic E-state index is 11.0. The van der Waals surface area contributed by atoms with Crippen LogP contribution in [0.1, 0.15) is 35.2 Å². The van der Waals surface area contributed by atoms with Gasteiger partial charge in [-0.15, -0.1) is 0 Å². The van der Waals surface area contributed by atoms with Crippen LogP contribution in [0.5, 0.6) is 0 Å². The molecule has 2 rings (SSSR count). The first-order valence-electron chi connectivity index (χ1n) is 6.84. The van der Waals surface area contributed by atoms with Gasteiger partial charge >= 0.3 is 0 Å². The molecule has 1 aliphatic heterocycles. The summed E-state index contributed by atoms with van der Waals surface area (Å²) in [5.74, 6) is -0.379. The quantitative estimate of drug-likeness (QED) is 0.880. The summed E-state index contributed by atoms with van der Waals surface area (Å²) in [5.41, 5.74) is 6.96. The Bertz CT molecular complexity index is 411. The Morgan fingerprint density at radius 3 is 2.68 bits per heavy atom. The summed E-state index contributed by atoms with van der Waals surface area (Å²) >= 11 is 0. The average Bonchev–Trinajstić information content (AvgIpc) is 2.40. The van der Waals surface area contributed by atoms with Gasteiger partial charge in [-0.05, 0) is 44.0 Å². The fourth-order valence-corrected chi connectivity index (χ4v) is 2.45. The van der Waals surface area contributed by atoms with Gasteiger partial charge in [-0.2, -0.15) is 0 Å². The van der Waals surface area contributed by atoms with Crippen molar-refractivity contribution in [3.05, 3.63) is 35.4 Å². The normalized spacial score (nSPS) is 19.6. The van der Waals surface area contributed by atoms with Gasteiger partial charge < -0.3 is 10.5 Å². The van der Waals surface area contributed by atoms with E-state index in [2.05, 4.69) is 11.9 Å². The molecule has 2 N–H and O–H groups in total. The molecule has 1 fully saturated rings. The second-order valence-electron chi connectivity index (χ2n) is 5.25. The van der Waals surface area contributed by atoms with E-state index >= 15 is 0 Å². The minimum absolute atomic E-state index is 0.364. The topological polar surface area (TPSA) is 55.6 Å². The SMILES string of the molecule is CN(Cc1ccc(C(N)=O)cc1)CC1CCCCO1. The fourth-order valence-electron chi connectivity index (χ4n) is 2.45. The number of hydrogen-bond acceptors (Lipinski definition) is 3. The molecule has 0 spiro atoms. The van der Waals surface area contributed by atoms with Gasteiger partial charge in [-0.25, -0.2) is 0 Å². The van der Waals surface area contributed by atoms with E-state index in [0.717, 1.165) is 26.1 Å². The Balaban J connectivity index is 1.83. The van der Waals surface area contributed by atoms with Crippen LogP contribution in [0, 0.1) is 0 Å². The van der Waals surface area contributed by atoms with E-state index in [1.165, 1.54) is 18.4 Å². The third-order valence-electron chi connectivity index (χ3n) is 3.48. The van der Waals surface area contributed by atoms with Gasteiger partial charge in [0.1, 0.15) is 0 Å². The van der Waals surface area contributed by atoms with Crippen molar-refractivity contribution in [2.45, 2.75) is 31.9 Å². The smallest absolute Gasteiger partial charge is 0.248 e. The number of ether oxygens (including phenoxy) is 1. The highest BCUT2D eigenvalue weighted by Crippen LogP contribution is 2.14. The summed E-state index contributed by atoms with van der Waals surface area (Å²) in [6, 6.07) is 7.47. The molecule has 1 unspecified atom stereocenters. The van der Waals surface area contributed by atoms with Gasteiger partial charge in [-0.1, -0.05) is 12.1 Å². The number of benzene rings is 1. The summed E-state index contributed by atoms with van der Waals surface area (Å²) in [5, 5.41) is 0. The number of hydrogen-bond donors (Lipinski definition) is 1. The second-order valence-corrected chi connectivity index (χ2v) is 5.25. The van der Waals surface area contributed by atoms with E-state index in [0.29, 0.717) is 11.7 Å². The molecule has 0 radical (unpaired) electrons. The lowest BCUT2D eigenvalue weighted by Gasteiger charge is -2.27. The molecule has 1 aromatic rings. The molecule has 0 bridgehead atoms. The molecule has 0 saturated carbocycles. The molecule has 4 heteroatoms. The van der Waals surface area contributed by atoms with Crippen molar-refractivity contribution in [2.24, 2.45) is 5.73 Å². The van der Waals surface area contributed by atoms with Crippen molar-refractivity contribution >= 4 is 5.91 Å². The van der Waals surface area contributed by atoms with Gasteiger partial charge in [0.25, 0.3) is 0 Å². The standard InChI is InChI=1S/C15H22N2O2/c1-17(11-14-4-2-3-9-19-14)10-12-5-7-13(8-6-12)15(16)18/h5-8,14H,2-4,9-11H2,1H3,(H2,16,18). The number of nitrogens with two attached hydrogens (primary N) is 1. The zero-order valence-electron chi connectivity index (χ0n) is 11.5. The third kappa shape index (κ3) is 4.33. The van der Waals surface area contributed by atoms with Crippen molar-refractivity contribution in [1.29, 1.82) is 0 Å². The largest absolute Gasteiger partial charge is 0.377 e. The molecular weight excluding hydrogens is 240 g/mol. The molecule has 1 heterocycles. The van der Waals surface area contributed by atoms with E-state index in [1.54, 1.807) is 12.1 Å². The van der Waals surface area contributed by atoms with Gasteiger partial charge in [0.2, 0.25) is 5.91 Å². The number of carbonyl (C=O) groups is 1. The van der Waals surface area contributed by atoms with Gasteiger partial charge in [0.05, 0.1) is 6.10 Å². The van der Waals surface area contributed by atoms with Crippen molar-refractivity contribution < 1.29 is 9.53 Å². The maximum Gasteiger partial charge on any atom is 0.248 e. The second kappa shape index (κ2) is 6.68. The molecule has 1 atom stereocenters. The van der Waals surface area contributed by atoms with E-state index in [1.807, 2.05) is 12.1 Å². The monoisotopic (exact) mass is 262 g/mol. The first kappa shape index (κ1) is 14.0. The highest BCUT2D eigenvalue weighted by atomic mass is 16.5. The van der Waals surface area contributed by atoms with Crippen LogP contribution in [0.25, 0.3) is 0 Å². The summed E-state index contributed by atoms with van der Waals surface area (Å²) in [6.45, 7) is 2.71. The first-order chi connectivity index (χ1) is 9.15. The number of amides is 1. The highest BCUT2D eigenvalue weighted by molar-refractivity contribution is 5.92. The fraction of sp³-hybridized carbons (Fsp3) is 0.533. The molecule has 0 aromatic heterocycles. The number of primary amides is 1. The zero-order valence-corrected chi connectivity index (χ0v) is 11.5. The maximum atomic E-state index is 11.0. The molecular formula is C15H22N2O2. The van der Waals surface area contributed by atoms with Crippen LogP contribution in [0.4, 0.5) is 0 Å².